The molecule has 1 saturated heterocycles. The van der Waals surface area contributed by atoms with Crippen molar-refractivity contribution >= 4 is 15.9 Å². The number of nitrogens with zero attached hydrogens (tertiary/aromatic N) is 2. The molecule has 1 fully saturated rings. The number of hydrogen-bond acceptors (Lipinski definition) is 4. The SMILES string of the molecule is Cc1ccc(S(=O)(=O)N2CCN(C)CC2)cc1C(=O)N[C@H](C)CCc1ccccc1. The average Bonchev–Trinajstić information content (AvgIpc) is 2.73. The molecule has 6 nitrogen and oxygen atoms in total. The first kappa shape index (κ1) is 22.5. The van der Waals surface area contributed by atoms with Crippen LogP contribution in [0.1, 0.15) is 34.8 Å². The number of carbonyl (C=O) groups excluding carboxylic acids is 1. The Hall–Kier alpha value is -2.22. The fourth-order valence-corrected chi connectivity index (χ4v) is 5.03. The van der Waals surface area contributed by atoms with Crippen molar-refractivity contribution in [1.82, 2.24) is 14.5 Å². The van der Waals surface area contributed by atoms with Crippen LogP contribution in [-0.4, -0.2) is 62.8 Å². The summed E-state index contributed by atoms with van der Waals surface area (Å²) < 4.78 is 27.6. The molecule has 1 aliphatic rings. The quantitative estimate of drug-likeness (QED) is 0.735. The largest absolute Gasteiger partial charge is 0.350 e. The molecule has 3 rings (SSSR count). The van der Waals surface area contributed by atoms with E-state index < -0.39 is 10.0 Å². The van der Waals surface area contributed by atoms with E-state index in [1.807, 2.05) is 39.1 Å². The van der Waals surface area contributed by atoms with Gasteiger partial charge in [-0.05, 0) is 57.0 Å². The van der Waals surface area contributed by atoms with Gasteiger partial charge in [0.15, 0.2) is 0 Å². The second-order valence-electron chi connectivity index (χ2n) is 8.08. The minimum atomic E-state index is -3.61. The van der Waals surface area contributed by atoms with Crippen molar-refractivity contribution in [2.45, 2.75) is 37.6 Å². The Balaban J connectivity index is 1.68. The monoisotopic (exact) mass is 429 g/mol. The Morgan fingerprint density at radius 1 is 1.07 bits per heavy atom. The summed E-state index contributed by atoms with van der Waals surface area (Å²) in [5.41, 5.74) is 2.41. The van der Waals surface area contributed by atoms with Crippen LogP contribution < -0.4 is 5.32 Å². The smallest absolute Gasteiger partial charge is 0.251 e. The lowest BCUT2D eigenvalue weighted by Crippen LogP contribution is -2.47. The number of amides is 1. The maximum Gasteiger partial charge on any atom is 0.251 e. The molecule has 1 atom stereocenters. The van der Waals surface area contributed by atoms with E-state index in [-0.39, 0.29) is 16.8 Å². The van der Waals surface area contributed by atoms with Crippen LogP contribution >= 0.6 is 0 Å². The highest BCUT2D eigenvalue weighted by Gasteiger charge is 2.28. The molecule has 0 unspecified atom stereocenters. The number of piperazine rings is 1. The van der Waals surface area contributed by atoms with E-state index in [4.69, 9.17) is 0 Å². The lowest BCUT2D eigenvalue weighted by molar-refractivity contribution is 0.0937. The molecule has 0 aromatic heterocycles. The Kier molecular flexibility index (Phi) is 7.28. The highest BCUT2D eigenvalue weighted by Crippen LogP contribution is 2.21. The Labute approximate surface area is 179 Å². The van der Waals surface area contributed by atoms with Crippen LogP contribution in [0.4, 0.5) is 0 Å². The first-order chi connectivity index (χ1) is 14.3. The van der Waals surface area contributed by atoms with Crippen LogP contribution in [0.15, 0.2) is 53.4 Å². The molecule has 0 bridgehead atoms. The van der Waals surface area contributed by atoms with Gasteiger partial charge in [0.1, 0.15) is 0 Å². The van der Waals surface area contributed by atoms with Gasteiger partial charge in [-0.25, -0.2) is 8.42 Å². The van der Waals surface area contributed by atoms with Gasteiger partial charge in [-0.15, -0.1) is 0 Å². The molecule has 1 amide bonds. The predicted molar refractivity (Wildman–Crippen MR) is 119 cm³/mol. The number of aryl methyl sites for hydroxylation is 2. The van der Waals surface area contributed by atoms with Crippen molar-refractivity contribution in [2.24, 2.45) is 0 Å². The van der Waals surface area contributed by atoms with Crippen molar-refractivity contribution in [1.29, 1.82) is 0 Å². The minimum absolute atomic E-state index is 0.0185. The number of sulfonamides is 1. The molecular formula is C23H31N3O3S. The lowest BCUT2D eigenvalue weighted by atomic mass is 10.0. The Morgan fingerprint density at radius 3 is 2.40 bits per heavy atom. The average molecular weight is 430 g/mol. The number of rotatable bonds is 7. The molecule has 2 aromatic rings. The molecule has 0 saturated carbocycles. The zero-order valence-corrected chi connectivity index (χ0v) is 18.8. The number of hydrogen-bond donors (Lipinski definition) is 1. The molecule has 7 heteroatoms. The second kappa shape index (κ2) is 9.73. The molecule has 2 aromatic carbocycles. The van der Waals surface area contributed by atoms with Crippen LogP contribution in [0.3, 0.4) is 0 Å². The zero-order chi connectivity index (χ0) is 21.7. The molecule has 30 heavy (non-hydrogen) atoms. The number of nitrogens with one attached hydrogen (secondary N) is 1. The van der Waals surface area contributed by atoms with E-state index in [0.29, 0.717) is 31.7 Å². The number of benzene rings is 2. The molecule has 1 N–H and O–H groups in total. The van der Waals surface area contributed by atoms with Crippen LogP contribution in [0.2, 0.25) is 0 Å². The molecule has 0 spiro atoms. The van der Waals surface area contributed by atoms with Gasteiger partial charge in [-0.2, -0.15) is 4.31 Å². The van der Waals surface area contributed by atoms with E-state index >= 15 is 0 Å². The summed E-state index contributed by atoms with van der Waals surface area (Å²) >= 11 is 0. The maximum atomic E-state index is 13.0. The van der Waals surface area contributed by atoms with Crippen LogP contribution in [0.25, 0.3) is 0 Å². The van der Waals surface area contributed by atoms with E-state index in [1.54, 1.807) is 12.1 Å². The van der Waals surface area contributed by atoms with Gasteiger partial charge in [-0.1, -0.05) is 36.4 Å². The summed E-state index contributed by atoms with van der Waals surface area (Å²) in [6.07, 6.45) is 1.69. The predicted octanol–water partition coefficient (Wildman–Crippen LogP) is 2.68. The van der Waals surface area contributed by atoms with Crippen molar-refractivity contribution < 1.29 is 13.2 Å². The summed E-state index contributed by atoms with van der Waals surface area (Å²) in [5.74, 6) is -0.233. The van der Waals surface area contributed by atoms with Gasteiger partial charge in [0, 0.05) is 37.8 Å². The summed E-state index contributed by atoms with van der Waals surface area (Å²) in [7, 11) is -1.62. The van der Waals surface area contributed by atoms with E-state index in [1.165, 1.54) is 15.9 Å². The molecule has 1 aliphatic heterocycles. The lowest BCUT2D eigenvalue weighted by Gasteiger charge is -2.31. The number of likely N-dealkylation sites (N-methyl/N-ethyl adjacent to an activating group) is 1. The fraction of sp³-hybridized carbons (Fsp3) is 0.435. The Bertz CT molecular complexity index is 968. The van der Waals surface area contributed by atoms with Gasteiger partial charge in [0.05, 0.1) is 4.90 Å². The van der Waals surface area contributed by atoms with Crippen LogP contribution in [0.5, 0.6) is 0 Å². The zero-order valence-electron chi connectivity index (χ0n) is 18.0. The number of carbonyl (C=O) groups is 1. The highest BCUT2D eigenvalue weighted by atomic mass is 32.2. The van der Waals surface area contributed by atoms with E-state index in [2.05, 4.69) is 22.3 Å². The van der Waals surface area contributed by atoms with Gasteiger partial charge >= 0.3 is 0 Å². The summed E-state index contributed by atoms with van der Waals surface area (Å²) in [4.78, 5) is 15.1. The molecule has 1 heterocycles. The third-order valence-electron chi connectivity index (χ3n) is 5.64. The summed E-state index contributed by atoms with van der Waals surface area (Å²) in [6.45, 7) is 6.14. The first-order valence-corrected chi connectivity index (χ1v) is 11.9. The third kappa shape index (κ3) is 5.47. The van der Waals surface area contributed by atoms with Gasteiger partial charge in [0.2, 0.25) is 10.0 Å². The van der Waals surface area contributed by atoms with Gasteiger partial charge in [-0.3, -0.25) is 4.79 Å². The van der Waals surface area contributed by atoms with Crippen LogP contribution in [0, 0.1) is 6.92 Å². The van der Waals surface area contributed by atoms with Crippen LogP contribution in [-0.2, 0) is 16.4 Å². The second-order valence-corrected chi connectivity index (χ2v) is 10.0. The van der Waals surface area contributed by atoms with Crippen molar-refractivity contribution in [3.05, 3.63) is 65.2 Å². The van der Waals surface area contributed by atoms with E-state index in [9.17, 15) is 13.2 Å². The maximum absolute atomic E-state index is 13.0. The highest BCUT2D eigenvalue weighted by molar-refractivity contribution is 7.89. The summed E-state index contributed by atoms with van der Waals surface area (Å²) in [5, 5.41) is 3.02. The van der Waals surface area contributed by atoms with Crippen molar-refractivity contribution in [3.8, 4) is 0 Å². The molecule has 162 valence electrons. The topological polar surface area (TPSA) is 69.7 Å². The third-order valence-corrected chi connectivity index (χ3v) is 7.53. The normalized spacial score (nSPS) is 16.9. The summed E-state index contributed by atoms with van der Waals surface area (Å²) in [6, 6.07) is 15.0. The molecule has 0 aliphatic carbocycles. The standard InChI is InChI=1S/C23H31N3O3S/c1-18-9-12-21(30(28,29)26-15-13-25(3)14-16-26)17-22(18)23(27)24-19(2)10-11-20-7-5-4-6-8-20/h4-9,12,17,19H,10-11,13-16H2,1-3H3,(H,24,27)/t19-/m1/s1. The van der Waals surface area contributed by atoms with E-state index in [0.717, 1.165) is 18.4 Å². The molecular weight excluding hydrogens is 398 g/mol. The molecule has 0 radical (unpaired) electrons. The van der Waals surface area contributed by atoms with Crippen molar-refractivity contribution in [2.75, 3.05) is 33.2 Å². The minimum Gasteiger partial charge on any atom is -0.350 e. The van der Waals surface area contributed by atoms with Crippen molar-refractivity contribution in [3.63, 3.8) is 0 Å². The Morgan fingerprint density at radius 2 is 1.73 bits per heavy atom. The van der Waals surface area contributed by atoms with Gasteiger partial charge in [0.25, 0.3) is 5.91 Å². The fourth-order valence-electron chi connectivity index (χ4n) is 3.59. The van der Waals surface area contributed by atoms with Gasteiger partial charge < -0.3 is 10.2 Å². The first-order valence-electron chi connectivity index (χ1n) is 10.4.